The van der Waals surface area contributed by atoms with Crippen LogP contribution in [0.5, 0.6) is 0 Å². The molecule has 0 radical (unpaired) electrons. The molecule has 0 spiro atoms. The van der Waals surface area contributed by atoms with E-state index >= 15 is 0 Å². The number of hydrogen-bond acceptors (Lipinski definition) is 3. The Hall–Kier alpha value is -1.84. The summed E-state index contributed by atoms with van der Waals surface area (Å²) < 4.78 is 5.21. The van der Waals surface area contributed by atoms with E-state index in [-0.39, 0.29) is 17.1 Å². The van der Waals surface area contributed by atoms with Crippen molar-refractivity contribution in [3.8, 4) is 0 Å². The zero-order valence-corrected chi connectivity index (χ0v) is 12.2. The Morgan fingerprint density at radius 1 is 1.21 bits per heavy atom. The molecule has 0 aromatic carbocycles. The first-order chi connectivity index (χ1) is 8.58. The summed E-state index contributed by atoms with van der Waals surface area (Å²) in [6.07, 6.45) is 4.24. The van der Waals surface area contributed by atoms with Crippen LogP contribution in [0.1, 0.15) is 34.6 Å². The first-order valence-electron chi connectivity index (χ1n) is 6.10. The number of carboxylic acids is 1. The van der Waals surface area contributed by atoms with Crippen LogP contribution in [0, 0.1) is 5.92 Å². The van der Waals surface area contributed by atoms with Crippen LogP contribution in [-0.2, 0) is 14.3 Å². The van der Waals surface area contributed by atoms with Gasteiger partial charge in [0.25, 0.3) is 0 Å². The average Bonchev–Trinajstić information content (AvgIpc) is 2.19. The topological polar surface area (TPSA) is 63.6 Å². The molecule has 0 unspecified atom stereocenters. The first-order valence-corrected chi connectivity index (χ1v) is 6.10. The Morgan fingerprint density at radius 2 is 1.74 bits per heavy atom. The fraction of sp³-hybridized carbons (Fsp3) is 0.467. The highest BCUT2D eigenvalue weighted by Gasteiger charge is 2.25. The van der Waals surface area contributed by atoms with E-state index in [9.17, 15) is 14.7 Å². The second-order valence-electron chi connectivity index (χ2n) is 5.45. The largest absolute Gasteiger partial charge is 0.478 e. The van der Waals surface area contributed by atoms with E-state index in [1.54, 1.807) is 20.8 Å². The van der Waals surface area contributed by atoms with Crippen LogP contribution in [0.15, 0.2) is 36.0 Å². The summed E-state index contributed by atoms with van der Waals surface area (Å²) in [6, 6.07) is 0. The molecule has 0 atom stereocenters. The molecule has 0 amide bonds. The van der Waals surface area contributed by atoms with Crippen molar-refractivity contribution in [1.82, 2.24) is 0 Å². The van der Waals surface area contributed by atoms with Crippen LogP contribution in [0.25, 0.3) is 0 Å². The number of ether oxygens (including phenoxy) is 1. The molecule has 0 fully saturated rings. The summed E-state index contributed by atoms with van der Waals surface area (Å²) in [6.45, 7) is 12.3. The predicted molar refractivity (Wildman–Crippen MR) is 74.7 cm³/mol. The smallest absolute Gasteiger partial charge is 0.339 e. The highest BCUT2D eigenvalue weighted by atomic mass is 16.6. The summed E-state index contributed by atoms with van der Waals surface area (Å²) in [7, 11) is 0. The number of allylic oxidation sites excluding steroid dienone is 3. The minimum Gasteiger partial charge on any atom is -0.478 e. The molecule has 0 aliphatic rings. The van der Waals surface area contributed by atoms with Gasteiger partial charge in [-0.1, -0.05) is 32.6 Å². The molecule has 0 saturated heterocycles. The van der Waals surface area contributed by atoms with Crippen LogP contribution < -0.4 is 0 Å². The minimum atomic E-state index is -1.16. The Bertz CT molecular complexity index is 420. The summed E-state index contributed by atoms with van der Waals surface area (Å²) in [5.74, 6) is -1.82. The first kappa shape index (κ1) is 17.2. The van der Waals surface area contributed by atoms with Gasteiger partial charge in [0.15, 0.2) is 0 Å². The molecular formula is C15H22O4. The third-order valence-corrected chi connectivity index (χ3v) is 1.92. The maximum absolute atomic E-state index is 12.0. The highest BCUT2D eigenvalue weighted by molar-refractivity contribution is 6.06. The van der Waals surface area contributed by atoms with Gasteiger partial charge in [-0.15, -0.1) is 0 Å². The van der Waals surface area contributed by atoms with Gasteiger partial charge in [-0.2, -0.15) is 0 Å². The van der Waals surface area contributed by atoms with Crippen LogP contribution >= 0.6 is 0 Å². The highest BCUT2D eigenvalue weighted by Crippen LogP contribution is 2.19. The van der Waals surface area contributed by atoms with Crippen molar-refractivity contribution in [3.05, 3.63) is 36.0 Å². The van der Waals surface area contributed by atoms with Gasteiger partial charge in [0.1, 0.15) is 5.60 Å². The number of aliphatic carboxylic acids is 1. The number of carbonyl (C=O) groups is 2. The summed E-state index contributed by atoms with van der Waals surface area (Å²) in [4.78, 5) is 23.3. The lowest BCUT2D eigenvalue weighted by molar-refractivity contribution is -0.150. The molecule has 0 saturated carbocycles. The molecular weight excluding hydrogens is 244 g/mol. The van der Waals surface area contributed by atoms with E-state index < -0.39 is 17.5 Å². The van der Waals surface area contributed by atoms with Crippen LogP contribution in [0.3, 0.4) is 0 Å². The predicted octanol–water partition coefficient (Wildman–Crippen LogP) is 3.11. The second kappa shape index (κ2) is 6.92. The van der Waals surface area contributed by atoms with Crippen molar-refractivity contribution in [2.75, 3.05) is 0 Å². The van der Waals surface area contributed by atoms with Crippen molar-refractivity contribution in [2.45, 2.75) is 40.2 Å². The van der Waals surface area contributed by atoms with E-state index in [1.165, 1.54) is 18.2 Å². The molecule has 0 bridgehead atoms. The van der Waals surface area contributed by atoms with E-state index in [4.69, 9.17) is 4.74 Å². The van der Waals surface area contributed by atoms with Gasteiger partial charge in [0.2, 0.25) is 0 Å². The van der Waals surface area contributed by atoms with Gasteiger partial charge in [0.05, 0.1) is 11.1 Å². The monoisotopic (exact) mass is 266 g/mol. The molecule has 0 heterocycles. The van der Waals surface area contributed by atoms with E-state index in [2.05, 4.69) is 6.58 Å². The Labute approximate surface area is 114 Å². The fourth-order valence-corrected chi connectivity index (χ4v) is 1.33. The molecule has 1 N–H and O–H groups in total. The van der Waals surface area contributed by atoms with Gasteiger partial charge in [-0.25, -0.2) is 9.59 Å². The quantitative estimate of drug-likeness (QED) is 0.472. The van der Waals surface area contributed by atoms with Crippen molar-refractivity contribution in [1.29, 1.82) is 0 Å². The third kappa shape index (κ3) is 6.60. The number of esters is 1. The van der Waals surface area contributed by atoms with Gasteiger partial charge < -0.3 is 9.84 Å². The number of carbonyl (C=O) groups excluding carboxylic acids is 1. The molecule has 4 heteroatoms. The third-order valence-electron chi connectivity index (χ3n) is 1.92. The Balaban J connectivity index is 5.54. The zero-order chi connectivity index (χ0) is 15.2. The van der Waals surface area contributed by atoms with Crippen LogP contribution in [-0.4, -0.2) is 22.6 Å². The van der Waals surface area contributed by atoms with E-state index in [1.807, 2.05) is 13.8 Å². The van der Waals surface area contributed by atoms with Crippen molar-refractivity contribution in [3.63, 3.8) is 0 Å². The Morgan fingerprint density at radius 3 is 2.05 bits per heavy atom. The summed E-state index contributed by atoms with van der Waals surface area (Å²) >= 11 is 0. The van der Waals surface area contributed by atoms with Crippen LogP contribution in [0.4, 0.5) is 0 Å². The summed E-state index contributed by atoms with van der Waals surface area (Å²) in [5, 5.41) is 9.22. The maximum atomic E-state index is 12.0. The molecule has 0 aromatic heterocycles. The molecule has 106 valence electrons. The van der Waals surface area contributed by atoms with Crippen molar-refractivity contribution >= 4 is 11.9 Å². The maximum Gasteiger partial charge on any atom is 0.339 e. The molecule has 0 rings (SSSR count). The standard InChI is InChI=1S/C15H22O4/c1-7-8-11(14(18)19-15(4,5)6)12(13(16)17)9-10(2)3/h7-10H,1H2,2-6H3,(H,16,17)/b11-8+,12-9+. The number of carboxylic acid groups (broad SMARTS) is 1. The van der Waals surface area contributed by atoms with Crippen molar-refractivity contribution in [2.24, 2.45) is 5.92 Å². The Kier molecular flexibility index (Phi) is 6.25. The van der Waals surface area contributed by atoms with E-state index in [0.717, 1.165) is 0 Å². The van der Waals surface area contributed by atoms with Gasteiger partial charge in [-0.05, 0) is 32.8 Å². The molecule has 0 aromatic rings. The number of hydrogen-bond donors (Lipinski definition) is 1. The molecule has 0 aliphatic heterocycles. The lowest BCUT2D eigenvalue weighted by Gasteiger charge is -2.21. The average molecular weight is 266 g/mol. The van der Waals surface area contributed by atoms with Gasteiger partial charge >= 0.3 is 11.9 Å². The summed E-state index contributed by atoms with van der Waals surface area (Å²) in [5.41, 5.74) is -0.742. The molecule has 4 nitrogen and oxygen atoms in total. The lowest BCUT2D eigenvalue weighted by Crippen LogP contribution is -2.26. The second-order valence-corrected chi connectivity index (χ2v) is 5.45. The minimum absolute atomic E-state index is 0.00162. The molecule has 19 heavy (non-hydrogen) atoms. The van der Waals surface area contributed by atoms with Gasteiger partial charge in [0, 0.05) is 0 Å². The lowest BCUT2D eigenvalue weighted by atomic mass is 10.0. The normalized spacial score (nSPS) is 13.4. The van der Waals surface area contributed by atoms with Crippen LogP contribution in [0.2, 0.25) is 0 Å². The molecule has 0 aliphatic carbocycles. The zero-order valence-electron chi connectivity index (χ0n) is 12.2. The number of rotatable bonds is 5. The van der Waals surface area contributed by atoms with Crippen molar-refractivity contribution < 1.29 is 19.4 Å². The van der Waals surface area contributed by atoms with Gasteiger partial charge in [-0.3, -0.25) is 0 Å². The van der Waals surface area contributed by atoms with E-state index in [0.29, 0.717) is 0 Å². The SMILES string of the molecule is C=C/C=C(C(=O)OC(C)(C)C)\C(=C/C(C)C)C(=O)O. The fourth-order valence-electron chi connectivity index (χ4n) is 1.33.